The minimum atomic E-state index is 0.138. The number of nitrogens with zero attached hydrogens (tertiary/aromatic N) is 3. The quantitative estimate of drug-likeness (QED) is 0.603. The maximum atomic E-state index is 13.8. The number of amides is 1. The number of benzene rings is 2. The normalized spacial score (nSPS) is 18.8. The van der Waals surface area contributed by atoms with E-state index < -0.39 is 0 Å². The minimum absolute atomic E-state index is 0.138. The van der Waals surface area contributed by atoms with Gasteiger partial charge in [-0.25, -0.2) is 4.98 Å². The molecular weight excluding hydrogens is 424 g/mol. The van der Waals surface area contributed by atoms with E-state index in [2.05, 4.69) is 59.8 Å². The summed E-state index contributed by atoms with van der Waals surface area (Å²) < 4.78 is 5.50. The highest BCUT2D eigenvalue weighted by Gasteiger charge is 2.32. The number of morpholine rings is 1. The number of pyridine rings is 1. The van der Waals surface area contributed by atoms with Crippen molar-refractivity contribution in [2.45, 2.75) is 39.7 Å². The van der Waals surface area contributed by atoms with Crippen LogP contribution in [0.15, 0.2) is 42.5 Å². The Labute approximate surface area is 201 Å². The number of anilines is 2. The molecule has 0 radical (unpaired) electrons. The fourth-order valence-electron chi connectivity index (χ4n) is 5.51. The van der Waals surface area contributed by atoms with E-state index in [1.165, 1.54) is 0 Å². The molecule has 0 aliphatic carbocycles. The van der Waals surface area contributed by atoms with Crippen molar-refractivity contribution in [2.24, 2.45) is 5.92 Å². The van der Waals surface area contributed by atoms with E-state index in [-0.39, 0.29) is 5.91 Å². The summed E-state index contributed by atoms with van der Waals surface area (Å²) in [5.41, 5.74) is 12.1. The molecule has 2 saturated heterocycles. The molecule has 2 fully saturated rings. The van der Waals surface area contributed by atoms with Crippen LogP contribution in [0.4, 0.5) is 11.5 Å². The Kier molecular flexibility index (Phi) is 6.17. The first-order valence-corrected chi connectivity index (χ1v) is 12.4. The van der Waals surface area contributed by atoms with Crippen LogP contribution in [0.3, 0.4) is 0 Å². The second kappa shape index (κ2) is 9.26. The van der Waals surface area contributed by atoms with Crippen LogP contribution in [0.5, 0.6) is 0 Å². The van der Waals surface area contributed by atoms with E-state index in [4.69, 9.17) is 10.5 Å². The predicted molar refractivity (Wildman–Crippen MR) is 138 cm³/mol. The molecule has 1 unspecified atom stereocenters. The first-order valence-electron chi connectivity index (χ1n) is 12.4. The SMILES string of the molecule is Cc1cccc(C(=O)N2CCCC2C(C)C)c1-c1ccc2nc(N)c(N3CCOCC3)cc2c1. The molecule has 2 aliphatic heterocycles. The standard InChI is InChI=1S/C28H34N4O2/c1-18(2)24-8-5-11-32(24)28(33)22-7-4-6-19(3)26(22)20-9-10-23-21(16-20)17-25(27(29)30-23)31-12-14-34-15-13-31/h4,6-7,9-10,16-18,24H,5,8,11-15H2,1-3H3,(H2,29,30). The predicted octanol–water partition coefficient (Wildman–Crippen LogP) is 4.89. The number of carbonyl (C=O) groups excluding carboxylic acids is 1. The van der Waals surface area contributed by atoms with Crippen molar-refractivity contribution in [3.8, 4) is 11.1 Å². The molecule has 178 valence electrons. The molecule has 2 aromatic carbocycles. The molecule has 1 aromatic heterocycles. The molecule has 6 nitrogen and oxygen atoms in total. The molecule has 2 N–H and O–H groups in total. The first kappa shape index (κ1) is 22.7. The Bertz CT molecular complexity index is 1220. The molecule has 0 bridgehead atoms. The average Bonchev–Trinajstić information content (AvgIpc) is 3.34. The van der Waals surface area contributed by atoms with Crippen molar-refractivity contribution in [3.63, 3.8) is 0 Å². The lowest BCUT2D eigenvalue weighted by Gasteiger charge is -2.29. The third-order valence-electron chi connectivity index (χ3n) is 7.30. The van der Waals surface area contributed by atoms with Crippen LogP contribution in [0.2, 0.25) is 0 Å². The Hall–Kier alpha value is -3.12. The Morgan fingerprint density at radius 2 is 1.91 bits per heavy atom. The van der Waals surface area contributed by atoms with Gasteiger partial charge in [-0.2, -0.15) is 0 Å². The van der Waals surface area contributed by atoms with E-state index >= 15 is 0 Å². The zero-order valence-electron chi connectivity index (χ0n) is 20.4. The highest BCUT2D eigenvalue weighted by atomic mass is 16.5. The molecule has 3 heterocycles. The highest BCUT2D eigenvalue weighted by Crippen LogP contribution is 2.35. The first-order chi connectivity index (χ1) is 16.4. The van der Waals surface area contributed by atoms with Crippen LogP contribution < -0.4 is 10.6 Å². The van der Waals surface area contributed by atoms with Gasteiger partial charge >= 0.3 is 0 Å². The molecule has 0 spiro atoms. The fourth-order valence-corrected chi connectivity index (χ4v) is 5.51. The maximum absolute atomic E-state index is 13.8. The van der Waals surface area contributed by atoms with E-state index in [1.807, 2.05) is 18.2 Å². The van der Waals surface area contributed by atoms with Crippen molar-refractivity contribution in [3.05, 3.63) is 53.6 Å². The second-order valence-electron chi connectivity index (χ2n) is 9.85. The van der Waals surface area contributed by atoms with E-state index in [1.54, 1.807) is 0 Å². The summed E-state index contributed by atoms with van der Waals surface area (Å²) in [6, 6.07) is 14.7. The average molecular weight is 459 g/mol. The van der Waals surface area contributed by atoms with Gasteiger partial charge in [-0.05, 0) is 66.6 Å². The monoisotopic (exact) mass is 458 g/mol. The third kappa shape index (κ3) is 4.11. The summed E-state index contributed by atoms with van der Waals surface area (Å²) in [5, 5.41) is 1.02. The topological polar surface area (TPSA) is 71.7 Å². The lowest BCUT2D eigenvalue weighted by Crippen LogP contribution is -2.38. The zero-order chi connectivity index (χ0) is 23.8. The lowest BCUT2D eigenvalue weighted by molar-refractivity contribution is 0.0702. The van der Waals surface area contributed by atoms with Crippen LogP contribution in [0, 0.1) is 12.8 Å². The molecule has 34 heavy (non-hydrogen) atoms. The fraction of sp³-hybridized carbons (Fsp3) is 0.429. The van der Waals surface area contributed by atoms with E-state index in [9.17, 15) is 4.79 Å². The van der Waals surface area contributed by atoms with Crippen molar-refractivity contribution in [2.75, 3.05) is 43.5 Å². The van der Waals surface area contributed by atoms with Gasteiger partial charge in [0.15, 0.2) is 0 Å². The summed E-state index contributed by atoms with van der Waals surface area (Å²) >= 11 is 0. The van der Waals surface area contributed by atoms with Crippen LogP contribution in [-0.2, 0) is 4.74 Å². The number of likely N-dealkylation sites (tertiary alicyclic amines) is 1. The second-order valence-corrected chi connectivity index (χ2v) is 9.85. The molecule has 2 aliphatic rings. The molecule has 1 amide bonds. The summed E-state index contributed by atoms with van der Waals surface area (Å²) in [7, 11) is 0. The van der Waals surface area contributed by atoms with E-state index in [0.717, 1.165) is 71.3 Å². The van der Waals surface area contributed by atoms with Crippen LogP contribution in [-0.4, -0.2) is 54.7 Å². The maximum Gasteiger partial charge on any atom is 0.254 e. The van der Waals surface area contributed by atoms with Gasteiger partial charge in [0.1, 0.15) is 5.82 Å². The summed E-state index contributed by atoms with van der Waals surface area (Å²) in [5.74, 6) is 1.14. The molecule has 1 atom stereocenters. The van der Waals surface area contributed by atoms with Gasteiger partial charge < -0.3 is 20.3 Å². The minimum Gasteiger partial charge on any atom is -0.382 e. The molecule has 0 saturated carbocycles. The summed E-state index contributed by atoms with van der Waals surface area (Å²) in [4.78, 5) is 22.8. The Morgan fingerprint density at radius 3 is 2.68 bits per heavy atom. The number of fused-ring (bicyclic) bond motifs is 1. The summed E-state index contributed by atoms with van der Waals surface area (Å²) in [6.45, 7) is 10.3. The largest absolute Gasteiger partial charge is 0.382 e. The van der Waals surface area contributed by atoms with Gasteiger partial charge in [-0.3, -0.25) is 4.79 Å². The summed E-state index contributed by atoms with van der Waals surface area (Å²) in [6.07, 6.45) is 2.15. The van der Waals surface area contributed by atoms with Crippen molar-refractivity contribution < 1.29 is 9.53 Å². The number of ether oxygens (including phenoxy) is 1. The number of nitrogens with two attached hydrogens (primary N) is 1. The van der Waals surface area contributed by atoms with Crippen LogP contribution in [0.1, 0.15) is 42.6 Å². The number of aromatic nitrogens is 1. The van der Waals surface area contributed by atoms with Crippen LogP contribution >= 0.6 is 0 Å². The molecular formula is C28H34N4O2. The molecule has 3 aromatic rings. The van der Waals surface area contributed by atoms with Gasteiger partial charge in [0.2, 0.25) is 0 Å². The number of nitrogen functional groups attached to an aromatic ring is 1. The number of aryl methyl sites for hydroxylation is 1. The van der Waals surface area contributed by atoms with Gasteiger partial charge in [-0.15, -0.1) is 0 Å². The highest BCUT2D eigenvalue weighted by molar-refractivity contribution is 6.03. The van der Waals surface area contributed by atoms with E-state index in [0.29, 0.717) is 31.0 Å². The van der Waals surface area contributed by atoms with Crippen molar-refractivity contribution in [1.29, 1.82) is 0 Å². The molecule has 6 heteroatoms. The zero-order valence-corrected chi connectivity index (χ0v) is 20.4. The lowest BCUT2D eigenvalue weighted by atomic mass is 9.92. The van der Waals surface area contributed by atoms with Gasteiger partial charge in [0.25, 0.3) is 5.91 Å². The molecule has 5 rings (SSSR count). The van der Waals surface area contributed by atoms with Crippen molar-refractivity contribution >= 4 is 28.3 Å². The number of hydrogen-bond acceptors (Lipinski definition) is 5. The van der Waals surface area contributed by atoms with Gasteiger partial charge in [0, 0.05) is 36.6 Å². The van der Waals surface area contributed by atoms with Crippen molar-refractivity contribution in [1.82, 2.24) is 9.88 Å². The van der Waals surface area contributed by atoms with Gasteiger partial charge in [-0.1, -0.05) is 32.0 Å². The van der Waals surface area contributed by atoms with Gasteiger partial charge in [0.05, 0.1) is 24.4 Å². The third-order valence-corrected chi connectivity index (χ3v) is 7.30. The number of rotatable bonds is 4. The van der Waals surface area contributed by atoms with Crippen LogP contribution in [0.25, 0.3) is 22.0 Å². The Balaban J connectivity index is 1.57. The number of hydrogen-bond donors (Lipinski definition) is 1. The smallest absolute Gasteiger partial charge is 0.254 e. The Morgan fingerprint density at radius 1 is 1.12 bits per heavy atom. The number of carbonyl (C=O) groups is 1.